The topological polar surface area (TPSA) is 79.9 Å². The summed E-state index contributed by atoms with van der Waals surface area (Å²) < 4.78 is 5.80. The van der Waals surface area contributed by atoms with Gasteiger partial charge in [-0.15, -0.1) is 5.10 Å². The molecule has 1 atom stereocenters. The van der Waals surface area contributed by atoms with Gasteiger partial charge in [0.2, 0.25) is 11.1 Å². The number of hydrogen-bond donors (Lipinski definition) is 2. The molecule has 1 heterocycles. The lowest BCUT2D eigenvalue weighted by Crippen LogP contribution is -2.22. The lowest BCUT2D eigenvalue weighted by Gasteiger charge is -2.14. The molecule has 4 rings (SSSR count). The number of benzene rings is 3. The summed E-state index contributed by atoms with van der Waals surface area (Å²) in [5.41, 5.74) is 3.87. The molecule has 1 aromatic heterocycles. The van der Waals surface area contributed by atoms with Crippen LogP contribution in [-0.4, -0.2) is 26.3 Å². The fourth-order valence-corrected chi connectivity index (χ4v) is 3.91. The number of ether oxygens (including phenoxy) is 1. The van der Waals surface area contributed by atoms with Crippen molar-refractivity contribution in [3.05, 3.63) is 90.3 Å². The number of carbonyl (C=O) groups is 1. The maximum absolute atomic E-state index is 12.8. The third-order valence-electron chi connectivity index (χ3n) is 4.89. The van der Waals surface area contributed by atoms with Crippen LogP contribution in [0.3, 0.4) is 0 Å². The molecular weight excluding hydrogens is 420 g/mol. The Kier molecular flexibility index (Phi) is 6.87. The van der Waals surface area contributed by atoms with Crippen molar-refractivity contribution in [2.24, 2.45) is 0 Å². The Balaban J connectivity index is 1.36. The van der Waals surface area contributed by atoms with Gasteiger partial charge in [0, 0.05) is 11.3 Å². The standard InChI is InChI=1S/C25H24N4O2S/c1-17-10-6-9-15-22(17)31-16-23-27-25(29-28-23)32-18(2)24(30)26-21-14-8-7-13-20(21)19-11-4-3-5-12-19/h3-15,18H,16H2,1-2H3,(H,26,30)(H,27,28,29)/t18-/m0/s1. The first-order chi connectivity index (χ1) is 15.6. The Hall–Kier alpha value is -3.58. The largest absolute Gasteiger partial charge is 0.485 e. The molecule has 162 valence electrons. The second kappa shape index (κ2) is 10.2. The van der Waals surface area contributed by atoms with Crippen molar-refractivity contribution >= 4 is 23.4 Å². The van der Waals surface area contributed by atoms with E-state index in [0.717, 1.165) is 28.1 Å². The Morgan fingerprint density at radius 1 is 1.03 bits per heavy atom. The van der Waals surface area contributed by atoms with Gasteiger partial charge >= 0.3 is 0 Å². The van der Waals surface area contributed by atoms with Gasteiger partial charge < -0.3 is 10.1 Å². The van der Waals surface area contributed by atoms with Crippen molar-refractivity contribution in [3.8, 4) is 16.9 Å². The monoisotopic (exact) mass is 444 g/mol. The first-order valence-corrected chi connectivity index (χ1v) is 11.2. The van der Waals surface area contributed by atoms with Crippen LogP contribution in [0, 0.1) is 6.92 Å². The van der Waals surface area contributed by atoms with Crippen LogP contribution >= 0.6 is 11.8 Å². The number of H-pyrrole nitrogens is 1. The molecule has 0 unspecified atom stereocenters. The second-order valence-corrected chi connectivity index (χ2v) is 8.59. The number of aromatic nitrogens is 3. The highest BCUT2D eigenvalue weighted by Gasteiger charge is 2.19. The number of para-hydroxylation sites is 2. The number of nitrogens with one attached hydrogen (secondary N) is 2. The zero-order valence-corrected chi connectivity index (χ0v) is 18.7. The van der Waals surface area contributed by atoms with E-state index in [1.807, 2.05) is 92.7 Å². The maximum atomic E-state index is 12.8. The molecule has 0 aliphatic carbocycles. The zero-order chi connectivity index (χ0) is 22.3. The van der Waals surface area contributed by atoms with E-state index >= 15 is 0 Å². The van der Waals surface area contributed by atoms with E-state index in [0.29, 0.717) is 11.0 Å². The Labute approximate surface area is 191 Å². The zero-order valence-electron chi connectivity index (χ0n) is 17.9. The quantitative estimate of drug-likeness (QED) is 0.352. The summed E-state index contributed by atoms with van der Waals surface area (Å²) >= 11 is 1.30. The summed E-state index contributed by atoms with van der Waals surface area (Å²) in [6.45, 7) is 4.11. The van der Waals surface area contributed by atoms with Gasteiger partial charge in [-0.1, -0.05) is 78.5 Å². The summed E-state index contributed by atoms with van der Waals surface area (Å²) in [4.78, 5) is 17.3. The van der Waals surface area contributed by atoms with Crippen LogP contribution in [0.1, 0.15) is 18.3 Å². The highest BCUT2D eigenvalue weighted by molar-refractivity contribution is 8.00. The van der Waals surface area contributed by atoms with Crippen LogP contribution in [0.15, 0.2) is 84.0 Å². The minimum Gasteiger partial charge on any atom is -0.485 e. The number of aryl methyl sites for hydroxylation is 1. The smallest absolute Gasteiger partial charge is 0.237 e. The van der Waals surface area contributed by atoms with Crippen LogP contribution < -0.4 is 10.1 Å². The maximum Gasteiger partial charge on any atom is 0.237 e. The average Bonchev–Trinajstić information content (AvgIpc) is 3.26. The minimum absolute atomic E-state index is 0.110. The van der Waals surface area contributed by atoms with Gasteiger partial charge in [0.25, 0.3) is 0 Å². The number of thioether (sulfide) groups is 1. The predicted octanol–water partition coefficient (Wildman–Crippen LogP) is 5.48. The molecule has 0 spiro atoms. The number of carbonyl (C=O) groups excluding carboxylic acids is 1. The molecule has 0 radical (unpaired) electrons. The van der Waals surface area contributed by atoms with Crippen molar-refractivity contribution < 1.29 is 9.53 Å². The van der Waals surface area contributed by atoms with Crippen molar-refractivity contribution in [1.82, 2.24) is 15.2 Å². The van der Waals surface area contributed by atoms with Crippen molar-refractivity contribution in [1.29, 1.82) is 0 Å². The molecule has 0 saturated heterocycles. The molecule has 4 aromatic rings. The molecule has 0 saturated carbocycles. The predicted molar refractivity (Wildman–Crippen MR) is 128 cm³/mol. The SMILES string of the molecule is Cc1ccccc1OCc1nc(S[C@@H](C)C(=O)Nc2ccccc2-c2ccccc2)n[nH]1. The van der Waals surface area contributed by atoms with Crippen molar-refractivity contribution in [2.75, 3.05) is 5.32 Å². The van der Waals surface area contributed by atoms with Crippen molar-refractivity contribution in [3.63, 3.8) is 0 Å². The van der Waals surface area contributed by atoms with E-state index in [9.17, 15) is 4.79 Å². The van der Waals surface area contributed by atoms with Gasteiger partial charge in [-0.25, -0.2) is 4.98 Å². The van der Waals surface area contributed by atoms with Gasteiger partial charge in [-0.3, -0.25) is 9.89 Å². The molecule has 0 bridgehead atoms. The van der Waals surface area contributed by atoms with Gasteiger partial charge in [0.1, 0.15) is 12.4 Å². The van der Waals surface area contributed by atoms with Gasteiger partial charge in [-0.2, -0.15) is 0 Å². The number of anilines is 1. The van der Waals surface area contributed by atoms with Crippen LogP contribution in [-0.2, 0) is 11.4 Å². The van der Waals surface area contributed by atoms with Crippen LogP contribution in [0.25, 0.3) is 11.1 Å². The number of amides is 1. The molecule has 6 nitrogen and oxygen atoms in total. The van der Waals surface area contributed by atoms with Crippen LogP contribution in [0.2, 0.25) is 0 Å². The molecule has 0 fully saturated rings. The van der Waals surface area contributed by atoms with E-state index in [4.69, 9.17) is 4.74 Å². The van der Waals surface area contributed by atoms with Gasteiger partial charge in [0.05, 0.1) is 5.25 Å². The molecule has 0 aliphatic heterocycles. The molecule has 0 aliphatic rings. The van der Waals surface area contributed by atoms with Gasteiger partial charge in [0.15, 0.2) is 5.82 Å². The molecule has 1 amide bonds. The first-order valence-electron chi connectivity index (χ1n) is 10.3. The molecule has 3 aromatic carbocycles. The van der Waals surface area contributed by atoms with Crippen LogP contribution in [0.5, 0.6) is 5.75 Å². The van der Waals surface area contributed by atoms with Crippen LogP contribution in [0.4, 0.5) is 5.69 Å². The normalized spacial score (nSPS) is 11.7. The lowest BCUT2D eigenvalue weighted by atomic mass is 10.0. The van der Waals surface area contributed by atoms with E-state index < -0.39 is 0 Å². The number of nitrogens with zero attached hydrogens (tertiary/aromatic N) is 2. The van der Waals surface area contributed by atoms with Crippen molar-refractivity contribution in [2.45, 2.75) is 30.9 Å². The third kappa shape index (κ3) is 5.36. The summed E-state index contributed by atoms with van der Waals surface area (Å²) in [5, 5.41) is 10.3. The van der Waals surface area contributed by atoms with E-state index in [1.165, 1.54) is 11.8 Å². The molecule has 7 heteroatoms. The van der Waals surface area contributed by atoms with Gasteiger partial charge in [-0.05, 0) is 37.1 Å². The fourth-order valence-electron chi connectivity index (χ4n) is 3.17. The Morgan fingerprint density at radius 3 is 2.56 bits per heavy atom. The summed E-state index contributed by atoms with van der Waals surface area (Å²) in [7, 11) is 0. The van der Waals surface area contributed by atoms with E-state index in [2.05, 4.69) is 20.5 Å². The highest BCUT2D eigenvalue weighted by atomic mass is 32.2. The summed E-state index contributed by atoms with van der Waals surface area (Å²) in [6, 6.07) is 25.6. The molecule has 32 heavy (non-hydrogen) atoms. The first kappa shape index (κ1) is 21.6. The molecule has 2 N–H and O–H groups in total. The second-order valence-electron chi connectivity index (χ2n) is 7.28. The number of rotatable bonds is 8. The summed E-state index contributed by atoms with van der Waals surface area (Å²) in [6.07, 6.45) is 0. The highest BCUT2D eigenvalue weighted by Crippen LogP contribution is 2.29. The van der Waals surface area contributed by atoms with E-state index in [-0.39, 0.29) is 17.8 Å². The average molecular weight is 445 g/mol. The third-order valence-corrected chi connectivity index (χ3v) is 5.85. The lowest BCUT2D eigenvalue weighted by molar-refractivity contribution is -0.115. The number of aromatic amines is 1. The minimum atomic E-state index is -0.375. The fraction of sp³-hybridized carbons (Fsp3) is 0.160. The molecular formula is C25H24N4O2S. The number of hydrogen-bond acceptors (Lipinski definition) is 5. The Morgan fingerprint density at radius 2 is 1.75 bits per heavy atom. The summed E-state index contributed by atoms with van der Waals surface area (Å²) in [5.74, 6) is 1.31. The van der Waals surface area contributed by atoms with E-state index in [1.54, 1.807) is 0 Å². The Bertz CT molecular complexity index is 1190.